The van der Waals surface area contributed by atoms with Crippen LogP contribution in [-0.4, -0.2) is 36.1 Å². The molecule has 2 aromatic rings. The molecule has 162 valence electrons. The maximum Gasteiger partial charge on any atom is 0.325 e. The van der Waals surface area contributed by atoms with Crippen molar-refractivity contribution in [2.75, 3.05) is 13.3 Å². The normalized spacial score (nSPS) is 20.5. The molecular formula is C23H25N3O5. The number of nitrogens with zero attached hydrogens (tertiary/aromatic N) is 1. The van der Waals surface area contributed by atoms with Crippen molar-refractivity contribution < 1.29 is 23.9 Å². The zero-order chi connectivity index (χ0) is 22.2. The first-order valence-corrected chi connectivity index (χ1v) is 10.2. The second kappa shape index (κ2) is 7.94. The Morgan fingerprint density at radius 2 is 1.87 bits per heavy atom. The molecule has 4 amide bonds. The number of nitrogens with one attached hydrogen (secondary N) is 2. The summed E-state index contributed by atoms with van der Waals surface area (Å²) in [7, 11) is 0. The average Bonchev–Trinajstić information content (AvgIpc) is 3.31. The van der Waals surface area contributed by atoms with Crippen molar-refractivity contribution in [3.8, 4) is 11.5 Å². The number of carbonyl (C=O) groups is 3. The summed E-state index contributed by atoms with van der Waals surface area (Å²) in [6, 6.07) is 12.2. The maximum atomic E-state index is 13.1. The van der Waals surface area contributed by atoms with Crippen molar-refractivity contribution in [1.29, 1.82) is 0 Å². The molecule has 0 radical (unpaired) electrons. The van der Waals surface area contributed by atoms with E-state index in [2.05, 4.69) is 10.6 Å². The molecule has 0 unspecified atom stereocenters. The van der Waals surface area contributed by atoms with Gasteiger partial charge in [-0.3, -0.25) is 14.5 Å². The van der Waals surface area contributed by atoms with Crippen LogP contribution in [0.4, 0.5) is 4.79 Å². The maximum absolute atomic E-state index is 13.1. The fraction of sp³-hybridized carbons (Fsp3) is 0.348. The van der Waals surface area contributed by atoms with Crippen LogP contribution in [0.3, 0.4) is 0 Å². The van der Waals surface area contributed by atoms with Gasteiger partial charge >= 0.3 is 6.03 Å². The van der Waals surface area contributed by atoms with Gasteiger partial charge < -0.3 is 20.1 Å². The topological polar surface area (TPSA) is 97.0 Å². The molecule has 0 bridgehead atoms. The van der Waals surface area contributed by atoms with E-state index in [-0.39, 0.29) is 19.4 Å². The highest BCUT2D eigenvalue weighted by atomic mass is 16.7. The fourth-order valence-electron chi connectivity index (χ4n) is 3.85. The van der Waals surface area contributed by atoms with Gasteiger partial charge in [0.2, 0.25) is 12.7 Å². The Morgan fingerprint density at radius 1 is 1.16 bits per heavy atom. The number of carbonyl (C=O) groups excluding carboxylic acids is 3. The molecule has 2 aliphatic rings. The van der Waals surface area contributed by atoms with Gasteiger partial charge in [-0.15, -0.1) is 0 Å². The molecule has 0 aliphatic carbocycles. The second-order valence-electron chi connectivity index (χ2n) is 7.95. The molecule has 2 atom stereocenters. The lowest BCUT2D eigenvalue weighted by Crippen LogP contribution is -2.43. The highest BCUT2D eigenvalue weighted by Gasteiger charge is 2.50. The van der Waals surface area contributed by atoms with Gasteiger partial charge in [-0.05, 0) is 43.5 Å². The molecule has 4 rings (SSSR count). The number of imide groups is 1. The lowest BCUT2D eigenvalue weighted by atomic mass is 9.91. The van der Waals surface area contributed by atoms with Crippen molar-refractivity contribution in [3.63, 3.8) is 0 Å². The van der Waals surface area contributed by atoms with Gasteiger partial charge in [-0.25, -0.2) is 4.79 Å². The number of hydrogen-bond acceptors (Lipinski definition) is 5. The summed E-state index contributed by atoms with van der Waals surface area (Å²) in [5.41, 5.74) is 1.37. The quantitative estimate of drug-likeness (QED) is 0.697. The third-order valence-corrected chi connectivity index (χ3v) is 5.75. The van der Waals surface area contributed by atoms with Crippen molar-refractivity contribution in [3.05, 3.63) is 59.2 Å². The molecule has 2 aliphatic heterocycles. The Hall–Kier alpha value is -3.55. The second-order valence-corrected chi connectivity index (χ2v) is 7.95. The van der Waals surface area contributed by atoms with Crippen LogP contribution in [0.2, 0.25) is 0 Å². The summed E-state index contributed by atoms with van der Waals surface area (Å²) < 4.78 is 10.7. The SMILES string of the molecule is CC[C@H](NC(=O)CN1C(=O)N[C@](C)(c2ccc3c(c2)OCO3)C1=O)c1ccc(C)cc1. The van der Waals surface area contributed by atoms with Gasteiger partial charge in [0.1, 0.15) is 12.1 Å². The molecule has 1 fully saturated rings. The Kier molecular flexibility index (Phi) is 5.31. The number of benzene rings is 2. The molecule has 0 saturated carbocycles. The predicted molar refractivity (Wildman–Crippen MR) is 113 cm³/mol. The molecule has 8 heteroatoms. The fourth-order valence-corrected chi connectivity index (χ4v) is 3.85. The number of amides is 4. The number of urea groups is 1. The Morgan fingerprint density at radius 3 is 2.58 bits per heavy atom. The Balaban J connectivity index is 1.47. The largest absolute Gasteiger partial charge is 0.454 e. The summed E-state index contributed by atoms with van der Waals surface area (Å²) >= 11 is 0. The van der Waals surface area contributed by atoms with Gasteiger partial charge in [0.05, 0.1) is 6.04 Å². The van der Waals surface area contributed by atoms with Crippen LogP contribution in [-0.2, 0) is 15.1 Å². The van der Waals surface area contributed by atoms with E-state index in [9.17, 15) is 14.4 Å². The van der Waals surface area contributed by atoms with Gasteiger partial charge in [-0.2, -0.15) is 0 Å². The minimum atomic E-state index is -1.29. The summed E-state index contributed by atoms with van der Waals surface area (Å²) in [5, 5.41) is 5.63. The van der Waals surface area contributed by atoms with Crippen molar-refractivity contribution in [2.45, 2.75) is 38.8 Å². The van der Waals surface area contributed by atoms with Crippen LogP contribution in [0.15, 0.2) is 42.5 Å². The first-order valence-electron chi connectivity index (χ1n) is 10.2. The Labute approximate surface area is 180 Å². The van der Waals surface area contributed by atoms with Crippen LogP contribution in [0.25, 0.3) is 0 Å². The number of fused-ring (bicyclic) bond motifs is 1. The average molecular weight is 423 g/mol. The first kappa shape index (κ1) is 20.7. The van der Waals surface area contributed by atoms with E-state index in [1.54, 1.807) is 25.1 Å². The third-order valence-electron chi connectivity index (χ3n) is 5.75. The summed E-state index contributed by atoms with van der Waals surface area (Å²) in [6.07, 6.45) is 0.684. The number of hydrogen-bond donors (Lipinski definition) is 2. The van der Waals surface area contributed by atoms with E-state index >= 15 is 0 Å². The molecule has 0 aromatic heterocycles. The van der Waals surface area contributed by atoms with Crippen LogP contribution >= 0.6 is 0 Å². The Bertz CT molecular complexity index is 1040. The lowest BCUT2D eigenvalue weighted by molar-refractivity contribution is -0.135. The number of rotatable bonds is 6. The van der Waals surface area contributed by atoms with Crippen LogP contribution in [0.1, 0.15) is 43.0 Å². The molecule has 0 spiro atoms. The van der Waals surface area contributed by atoms with Gasteiger partial charge in [-0.1, -0.05) is 42.8 Å². The highest BCUT2D eigenvalue weighted by molar-refractivity contribution is 6.09. The van der Waals surface area contributed by atoms with Gasteiger partial charge in [0, 0.05) is 0 Å². The van der Waals surface area contributed by atoms with Crippen molar-refractivity contribution in [1.82, 2.24) is 15.5 Å². The molecule has 8 nitrogen and oxygen atoms in total. The van der Waals surface area contributed by atoms with Gasteiger partial charge in [0.25, 0.3) is 5.91 Å². The molecule has 1 saturated heterocycles. The van der Waals surface area contributed by atoms with E-state index < -0.39 is 23.4 Å². The highest BCUT2D eigenvalue weighted by Crippen LogP contribution is 2.37. The van der Waals surface area contributed by atoms with E-state index in [0.717, 1.165) is 16.0 Å². The van der Waals surface area contributed by atoms with E-state index in [4.69, 9.17) is 9.47 Å². The standard InChI is InChI=1S/C23H25N3O5/c1-4-17(15-7-5-14(2)6-8-15)24-20(27)12-26-21(28)23(3,25-22(26)29)16-9-10-18-19(11-16)31-13-30-18/h5-11,17H,4,12-13H2,1-3H3,(H,24,27)(H,25,29)/t17-,23+/m0/s1. The third kappa shape index (κ3) is 3.81. The van der Waals surface area contributed by atoms with Crippen molar-refractivity contribution in [2.24, 2.45) is 0 Å². The van der Waals surface area contributed by atoms with Crippen LogP contribution in [0, 0.1) is 6.92 Å². The van der Waals surface area contributed by atoms with E-state index in [1.165, 1.54) is 0 Å². The smallest absolute Gasteiger partial charge is 0.325 e. The predicted octanol–water partition coefficient (Wildman–Crippen LogP) is 2.76. The van der Waals surface area contributed by atoms with E-state index in [1.807, 2.05) is 38.1 Å². The molecule has 2 N–H and O–H groups in total. The number of ether oxygens (including phenoxy) is 2. The minimum Gasteiger partial charge on any atom is -0.454 e. The number of aryl methyl sites for hydroxylation is 1. The molecule has 2 aromatic carbocycles. The van der Waals surface area contributed by atoms with E-state index in [0.29, 0.717) is 23.5 Å². The van der Waals surface area contributed by atoms with Gasteiger partial charge in [0.15, 0.2) is 11.5 Å². The zero-order valence-corrected chi connectivity index (χ0v) is 17.7. The minimum absolute atomic E-state index is 0.113. The monoisotopic (exact) mass is 423 g/mol. The summed E-state index contributed by atoms with van der Waals surface area (Å²) in [6.45, 7) is 5.34. The zero-order valence-electron chi connectivity index (χ0n) is 17.7. The first-order chi connectivity index (χ1) is 14.8. The molecule has 2 heterocycles. The molecule has 31 heavy (non-hydrogen) atoms. The molecular weight excluding hydrogens is 398 g/mol. The summed E-state index contributed by atoms with van der Waals surface area (Å²) in [5.74, 6) is 0.212. The van der Waals surface area contributed by atoms with Crippen molar-refractivity contribution >= 4 is 17.8 Å². The summed E-state index contributed by atoms with van der Waals surface area (Å²) in [4.78, 5) is 39.3. The van der Waals surface area contributed by atoms with Crippen LogP contribution < -0.4 is 20.1 Å². The lowest BCUT2D eigenvalue weighted by Gasteiger charge is -2.23. The van der Waals surface area contributed by atoms with Crippen LogP contribution in [0.5, 0.6) is 11.5 Å².